The lowest BCUT2D eigenvalue weighted by Crippen LogP contribution is -2.45. The fourth-order valence-corrected chi connectivity index (χ4v) is 6.04. The van der Waals surface area contributed by atoms with Gasteiger partial charge in [0.25, 0.3) is 0 Å². The van der Waals surface area contributed by atoms with Crippen LogP contribution in [0.2, 0.25) is 0 Å². The monoisotopic (exact) mass is 275 g/mol. The Morgan fingerprint density at radius 2 is 1.83 bits per heavy atom. The fourth-order valence-electron chi connectivity index (χ4n) is 3.32. The predicted molar refractivity (Wildman–Crippen MR) is 72.1 cm³/mol. The Morgan fingerprint density at radius 3 is 2.44 bits per heavy atom. The molecular weight excluding hydrogens is 250 g/mol. The summed E-state index contributed by atoms with van der Waals surface area (Å²) < 4.78 is 30.8. The molecule has 0 bridgehead atoms. The van der Waals surface area contributed by atoms with Crippen LogP contribution in [0.1, 0.15) is 39.0 Å². The van der Waals surface area contributed by atoms with Gasteiger partial charge in [0.05, 0.1) is 10.5 Å². The minimum Gasteiger partial charge on any atom is -0.381 e. The van der Waals surface area contributed by atoms with Crippen molar-refractivity contribution in [3.63, 3.8) is 0 Å². The first kappa shape index (κ1) is 14.3. The van der Waals surface area contributed by atoms with Gasteiger partial charge in [0.1, 0.15) is 0 Å². The second-order valence-electron chi connectivity index (χ2n) is 5.85. The normalized spacial score (nSPS) is 35.6. The van der Waals surface area contributed by atoms with Crippen LogP contribution < -0.4 is 5.73 Å². The number of sulfone groups is 1. The van der Waals surface area contributed by atoms with Crippen LogP contribution in [0.5, 0.6) is 0 Å². The van der Waals surface area contributed by atoms with E-state index in [1.54, 1.807) is 0 Å². The minimum absolute atomic E-state index is 0.161. The molecule has 2 rings (SSSR count). The van der Waals surface area contributed by atoms with Crippen molar-refractivity contribution in [3.8, 4) is 0 Å². The van der Waals surface area contributed by atoms with Crippen LogP contribution in [0, 0.1) is 11.8 Å². The summed E-state index contributed by atoms with van der Waals surface area (Å²) in [7, 11) is -3.04. The standard InChI is InChI=1S/C13H25NO3S/c1-10-2-3-11(9-14)13(8-10)18(15,16)12-4-6-17-7-5-12/h10-13H,2-9,14H2,1H3. The third-order valence-electron chi connectivity index (χ3n) is 4.55. The van der Waals surface area contributed by atoms with Gasteiger partial charge in [-0.05, 0) is 44.1 Å². The summed E-state index contributed by atoms with van der Waals surface area (Å²) >= 11 is 0. The molecular formula is C13H25NO3S. The number of rotatable bonds is 3. The van der Waals surface area contributed by atoms with Crippen LogP contribution in [0.25, 0.3) is 0 Å². The largest absolute Gasteiger partial charge is 0.381 e. The van der Waals surface area contributed by atoms with Crippen molar-refractivity contribution in [3.05, 3.63) is 0 Å². The molecule has 1 aliphatic carbocycles. The summed E-state index contributed by atoms with van der Waals surface area (Å²) in [6.45, 7) is 3.82. The van der Waals surface area contributed by atoms with Crippen LogP contribution in [0.15, 0.2) is 0 Å². The van der Waals surface area contributed by atoms with Gasteiger partial charge in [-0.1, -0.05) is 13.3 Å². The van der Waals surface area contributed by atoms with Crippen LogP contribution in [0.3, 0.4) is 0 Å². The summed E-state index contributed by atoms with van der Waals surface area (Å²) in [6, 6.07) is 0. The van der Waals surface area contributed by atoms with E-state index in [0.717, 1.165) is 19.3 Å². The molecule has 1 saturated carbocycles. The van der Waals surface area contributed by atoms with Gasteiger partial charge in [-0.2, -0.15) is 0 Å². The van der Waals surface area contributed by atoms with Gasteiger partial charge in [0.2, 0.25) is 0 Å². The Bertz CT molecular complexity index is 362. The lowest BCUT2D eigenvalue weighted by atomic mass is 9.82. The molecule has 2 fully saturated rings. The van der Waals surface area contributed by atoms with Crippen LogP contribution in [-0.2, 0) is 14.6 Å². The number of hydrogen-bond acceptors (Lipinski definition) is 4. The van der Waals surface area contributed by atoms with Gasteiger partial charge in [0, 0.05) is 13.2 Å². The zero-order chi connectivity index (χ0) is 13.2. The van der Waals surface area contributed by atoms with E-state index >= 15 is 0 Å². The minimum atomic E-state index is -3.04. The first-order valence-corrected chi connectivity index (χ1v) is 8.67. The first-order chi connectivity index (χ1) is 8.55. The van der Waals surface area contributed by atoms with Crippen molar-refractivity contribution in [2.24, 2.45) is 17.6 Å². The van der Waals surface area contributed by atoms with Gasteiger partial charge in [-0.25, -0.2) is 8.42 Å². The highest BCUT2D eigenvalue weighted by atomic mass is 32.2. The van der Waals surface area contributed by atoms with E-state index in [1.165, 1.54) is 0 Å². The van der Waals surface area contributed by atoms with Crippen LogP contribution >= 0.6 is 0 Å². The number of ether oxygens (including phenoxy) is 1. The molecule has 0 aromatic heterocycles. The summed E-state index contributed by atoms with van der Waals surface area (Å²) in [5.41, 5.74) is 5.78. The molecule has 3 unspecified atom stereocenters. The molecule has 2 N–H and O–H groups in total. The summed E-state index contributed by atoms with van der Waals surface area (Å²) in [6.07, 6.45) is 4.18. The molecule has 1 saturated heterocycles. The van der Waals surface area contributed by atoms with Crippen molar-refractivity contribution in [2.75, 3.05) is 19.8 Å². The van der Waals surface area contributed by atoms with Crippen molar-refractivity contribution in [1.29, 1.82) is 0 Å². The van der Waals surface area contributed by atoms with Crippen molar-refractivity contribution in [2.45, 2.75) is 49.5 Å². The zero-order valence-corrected chi connectivity index (χ0v) is 12.0. The Hall–Kier alpha value is -0.130. The van der Waals surface area contributed by atoms with Gasteiger partial charge in [-0.15, -0.1) is 0 Å². The first-order valence-electron chi connectivity index (χ1n) is 7.06. The maximum Gasteiger partial charge on any atom is 0.156 e. The van der Waals surface area contributed by atoms with E-state index in [-0.39, 0.29) is 16.4 Å². The lowest BCUT2D eigenvalue weighted by molar-refractivity contribution is 0.0978. The highest BCUT2D eigenvalue weighted by Gasteiger charge is 2.41. The maximum absolute atomic E-state index is 12.7. The van der Waals surface area contributed by atoms with E-state index in [1.807, 2.05) is 0 Å². The van der Waals surface area contributed by atoms with E-state index in [4.69, 9.17) is 10.5 Å². The topological polar surface area (TPSA) is 69.4 Å². The molecule has 0 spiro atoms. The molecule has 5 heteroatoms. The van der Waals surface area contributed by atoms with E-state index in [9.17, 15) is 8.42 Å². The quantitative estimate of drug-likeness (QED) is 0.844. The third-order valence-corrected chi connectivity index (χ3v) is 7.37. The number of nitrogens with two attached hydrogens (primary N) is 1. The van der Waals surface area contributed by atoms with E-state index < -0.39 is 9.84 Å². The molecule has 3 atom stereocenters. The van der Waals surface area contributed by atoms with Gasteiger partial charge in [0.15, 0.2) is 9.84 Å². The maximum atomic E-state index is 12.7. The molecule has 0 radical (unpaired) electrons. The second kappa shape index (κ2) is 5.88. The Balaban J connectivity index is 2.15. The van der Waals surface area contributed by atoms with Gasteiger partial charge >= 0.3 is 0 Å². The zero-order valence-electron chi connectivity index (χ0n) is 11.2. The van der Waals surface area contributed by atoms with E-state index in [0.29, 0.717) is 38.5 Å². The molecule has 0 amide bonds. The predicted octanol–water partition coefficient (Wildman–Crippen LogP) is 1.34. The molecule has 18 heavy (non-hydrogen) atoms. The molecule has 106 valence electrons. The third kappa shape index (κ3) is 2.89. The highest BCUT2D eigenvalue weighted by Crippen LogP contribution is 2.36. The molecule has 1 aliphatic heterocycles. The number of hydrogen-bond donors (Lipinski definition) is 1. The Morgan fingerprint density at radius 1 is 1.17 bits per heavy atom. The average molecular weight is 275 g/mol. The summed E-state index contributed by atoms with van der Waals surface area (Å²) in [5, 5.41) is -0.412. The highest BCUT2D eigenvalue weighted by molar-refractivity contribution is 7.92. The van der Waals surface area contributed by atoms with Crippen molar-refractivity contribution < 1.29 is 13.2 Å². The average Bonchev–Trinajstić information content (AvgIpc) is 2.39. The van der Waals surface area contributed by atoms with Gasteiger partial charge < -0.3 is 10.5 Å². The smallest absolute Gasteiger partial charge is 0.156 e. The van der Waals surface area contributed by atoms with Crippen LogP contribution in [-0.4, -0.2) is 38.7 Å². The van der Waals surface area contributed by atoms with Crippen molar-refractivity contribution in [1.82, 2.24) is 0 Å². The Labute approximate surface area is 110 Å². The lowest BCUT2D eigenvalue weighted by Gasteiger charge is -2.36. The van der Waals surface area contributed by atoms with Crippen LogP contribution in [0.4, 0.5) is 0 Å². The SMILES string of the molecule is CC1CCC(CN)C(S(=O)(=O)C2CCOCC2)C1. The second-order valence-corrected chi connectivity index (χ2v) is 8.30. The van der Waals surface area contributed by atoms with E-state index in [2.05, 4.69) is 6.92 Å². The summed E-state index contributed by atoms with van der Waals surface area (Å²) in [5.74, 6) is 0.668. The summed E-state index contributed by atoms with van der Waals surface area (Å²) in [4.78, 5) is 0. The fraction of sp³-hybridized carbons (Fsp3) is 1.00. The molecule has 4 nitrogen and oxygen atoms in total. The van der Waals surface area contributed by atoms with Gasteiger partial charge in [-0.3, -0.25) is 0 Å². The Kier molecular flexibility index (Phi) is 4.67. The molecule has 0 aromatic carbocycles. The molecule has 2 aliphatic rings. The van der Waals surface area contributed by atoms with Crippen molar-refractivity contribution >= 4 is 9.84 Å². The molecule has 0 aromatic rings. The molecule has 1 heterocycles.